The topological polar surface area (TPSA) is 203 Å². The van der Waals surface area contributed by atoms with E-state index in [9.17, 15) is 19.2 Å². The minimum Gasteiger partial charge on any atom is -0.480 e. The van der Waals surface area contributed by atoms with Gasteiger partial charge < -0.3 is 38.3 Å². The van der Waals surface area contributed by atoms with Crippen LogP contribution in [-0.2, 0) is 19.2 Å². The molecule has 0 fully saturated rings. The number of carboxylic acid groups (broad SMARTS) is 1. The van der Waals surface area contributed by atoms with Crippen molar-refractivity contribution in [3.05, 3.63) is 0 Å². The zero-order valence-electron chi connectivity index (χ0n) is 17.3. The van der Waals surface area contributed by atoms with Crippen molar-refractivity contribution in [3.8, 4) is 0 Å². The highest BCUT2D eigenvalue weighted by molar-refractivity contribution is 5.93. The Balaban J connectivity index is 4.80. The van der Waals surface area contributed by atoms with Crippen LogP contribution in [0.3, 0.4) is 0 Å². The second-order valence-corrected chi connectivity index (χ2v) is 7.04. The smallest absolute Gasteiger partial charge is 0.325 e. The summed E-state index contributed by atoms with van der Waals surface area (Å²) in [5.74, 6) is -2.83. The highest BCUT2D eigenvalue weighted by atomic mass is 16.4. The number of unbranched alkanes of at least 4 members (excludes halogenated alkanes) is 2. The Kier molecular flexibility index (Phi) is 13.6. The molecule has 11 nitrogen and oxygen atoms in total. The predicted octanol–water partition coefficient (Wildman–Crippen LogP) is -1.85. The van der Waals surface area contributed by atoms with Gasteiger partial charge in [0.05, 0.1) is 6.04 Å². The normalized spacial score (nSPS) is 14.9. The second-order valence-electron chi connectivity index (χ2n) is 7.04. The van der Waals surface area contributed by atoms with Crippen LogP contribution in [0.25, 0.3) is 0 Å². The fourth-order valence-electron chi connectivity index (χ4n) is 2.46. The summed E-state index contributed by atoms with van der Waals surface area (Å²) in [4.78, 5) is 47.8. The summed E-state index contributed by atoms with van der Waals surface area (Å²) in [5, 5.41) is 16.4. The van der Waals surface area contributed by atoms with Gasteiger partial charge >= 0.3 is 5.97 Å². The average molecular weight is 417 g/mol. The van der Waals surface area contributed by atoms with Gasteiger partial charge in [0.1, 0.15) is 18.1 Å². The molecule has 11 heteroatoms. The first-order valence-corrected chi connectivity index (χ1v) is 9.93. The van der Waals surface area contributed by atoms with Gasteiger partial charge in [-0.2, -0.15) is 0 Å². The minimum atomic E-state index is -1.19. The summed E-state index contributed by atoms with van der Waals surface area (Å²) in [7, 11) is 0. The van der Waals surface area contributed by atoms with E-state index in [-0.39, 0.29) is 0 Å². The lowest BCUT2D eigenvalue weighted by atomic mass is 10.1. The van der Waals surface area contributed by atoms with Gasteiger partial charge in [-0.25, -0.2) is 0 Å². The van der Waals surface area contributed by atoms with Crippen LogP contribution in [0.5, 0.6) is 0 Å². The first-order chi connectivity index (χ1) is 13.6. The molecule has 10 N–H and O–H groups in total. The Bertz CT molecular complexity index is 545. The van der Waals surface area contributed by atoms with Crippen molar-refractivity contribution in [3.63, 3.8) is 0 Å². The Hall–Kier alpha value is -2.24. The van der Waals surface area contributed by atoms with Crippen molar-refractivity contribution in [1.82, 2.24) is 16.0 Å². The maximum Gasteiger partial charge on any atom is 0.325 e. The molecule has 0 aliphatic carbocycles. The highest BCUT2D eigenvalue weighted by Gasteiger charge is 2.27. The van der Waals surface area contributed by atoms with Crippen molar-refractivity contribution in [2.75, 3.05) is 13.1 Å². The standard InChI is InChI=1S/C18H36N6O5/c1-11(22-16(26)13(21)7-3-5-9-19)15(25)24-14(8-4-6-10-20)17(27)23-12(2)18(28)29/h11-14H,3-10,19-21H2,1-2H3,(H,22,26)(H,23,27)(H,24,25)(H,28,29)/t11-,12-,13-,14-/m0/s1. The SMILES string of the molecule is C[C@H](NC(=O)[C@H](CCCCN)NC(=O)[C@H](C)NC(=O)[C@@H](N)CCCCN)C(=O)O. The van der Waals surface area contributed by atoms with Crippen molar-refractivity contribution in [2.45, 2.75) is 76.5 Å². The number of carbonyl (C=O) groups is 4. The van der Waals surface area contributed by atoms with Crippen LogP contribution in [0.1, 0.15) is 52.4 Å². The van der Waals surface area contributed by atoms with E-state index in [4.69, 9.17) is 22.3 Å². The molecule has 0 spiro atoms. The molecule has 4 atom stereocenters. The van der Waals surface area contributed by atoms with E-state index < -0.39 is 47.9 Å². The number of aliphatic carboxylic acids is 1. The van der Waals surface area contributed by atoms with Crippen LogP contribution in [-0.4, -0.2) is 66.1 Å². The number of amides is 3. The van der Waals surface area contributed by atoms with Gasteiger partial charge in [0, 0.05) is 0 Å². The van der Waals surface area contributed by atoms with Crippen LogP contribution in [0.15, 0.2) is 0 Å². The lowest BCUT2D eigenvalue weighted by molar-refractivity contribution is -0.141. The van der Waals surface area contributed by atoms with Crippen molar-refractivity contribution < 1.29 is 24.3 Å². The van der Waals surface area contributed by atoms with Crippen LogP contribution < -0.4 is 33.2 Å². The lowest BCUT2D eigenvalue weighted by Crippen LogP contribution is -2.56. The zero-order chi connectivity index (χ0) is 22.4. The fraction of sp³-hybridized carbons (Fsp3) is 0.778. The molecule has 29 heavy (non-hydrogen) atoms. The van der Waals surface area contributed by atoms with E-state index in [2.05, 4.69) is 16.0 Å². The van der Waals surface area contributed by atoms with Crippen molar-refractivity contribution in [1.29, 1.82) is 0 Å². The zero-order valence-corrected chi connectivity index (χ0v) is 17.3. The molecule has 0 saturated heterocycles. The molecule has 0 aliphatic rings. The number of carbonyl (C=O) groups excluding carboxylic acids is 3. The monoisotopic (exact) mass is 416 g/mol. The largest absolute Gasteiger partial charge is 0.480 e. The fourth-order valence-corrected chi connectivity index (χ4v) is 2.46. The molecule has 0 unspecified atom stereocenters. The summed E-state index contributed by atoms with van der Waals surface area (Å²) < 4.78 is 0. The van der Waals surface area contributed by atoms with Crippen molar-refractivity contribution >= 4 is 23.7 Å². The van der Waals surface area contributed by atoms with Crippen LogP contribution in [0.4, 0.5) is 0 Å². The summed E-state index contributed by atoms with van der Waals surface area (Å²) >= 11 is 0. The Morgan fingerprint density at radius 1 is 0.759 bits per heavy atom. The van der Waals surface area contributed by atoms with E-state index in [1.54, 1.807) is 0 Å². The molecule has 0 saturated carbocycles. The third-order valence-electron chi connectivity index (χ3n) is 4.37. The third kappa shape index (κ3) is 11.4. The quantitative estimate of drug-likeness (QED) is 0.151. The Morgan fingerprint density at radius 3 is 1.79 bits per heavy atom. The van der Waals surface area contributed by atoms with E-state index in [1.807, 2.05) is 0 Å². The molecule has 0 bridgehead atoms. The summed E-state index contributed by atoms with van der Waals surface area (Å²) in [5.41, 5.74) is 16.7. The number of nitrogens with one attached hydrogen (secondary N) is 3. The molecular formula is C18H36N6O5. The number of carboxylic acids is 1. The lowest BCUT2D eigenvalue weighted by Gasteiger charge is -2.23. The molecule has 0 rings (SSSR count). The first kappa shape index (κ1) is 26.8. The summed E-state index contributed by atoms with van der Waals surface area (Å²) in [6.45, 7) is 3.76. The predicted molar refractivity (Wildman–Crippen MR) is 109 cm³/mol. The van der Waals surface area contributed by atoms with Gasteiger partial charge in [-0.1, -0.05) is 6.42 Å². The van der Waals surface area contributed by atoms with E-state index in [1.165, 1.54) is 13.8 Å². The molecule has 0 aromatic heterocycles. The van der Waals surface area contributed by atoms with E-state index in [0.29, 0.717) is 45.2 Å². The van der Waals surface area contributed by atoms with Crippen LogP contribution >= 0.6 is 0 Å². The Morgan fingerprint density at radius 2 is 1.28 bits per heavy atom. The van der Waals surface area contributed by atoms with Gasteiger partial charge in [-0.15, -0.1) is 0 Å². The molecule has 0 aromatic rings. The first-order valence-electron chi connectivity index (χ1n) is 9.93. The maximum absolute atomic E-state index is 12.4. The van der Waals surface area contributed by atoms with Gasteiger partial charge in [0.25, 0.3) is 0 Å². The van der Waals surface area contributed by atoms with E-state index >= 15 is 0 Å². The van der Waals surface area contributed by atoms with Crippen molar-refractivity contribution in [2.24, 2.45) is 17.2 Å². The average Bonchev–Trinajstić information content (AvgIpc) is 2.66. The summed E-state index contributed by atoms with van der Waals surface area (Å²) in [6.07, 6.45) is 3.43. The molecule has 168 valence electrons. The van der Waals surface area contributed by atoms with Crippen LogP contribution in [0.2, 0.25) is 0 Å². The number of hydrogen-bond donors (Lipinski definition) is 7. The molecule has 3 amide bonds. The minimum absolute atomic E-state index is 0.292. The number of hydrogen-bond acceptors (Lipinski definition) is 7. The van der Waals surface area contributed by atoms with Gasteiger partial charge in [-0.05, 0) is 59.0 Å². The molecule has 0 aromatic carbocycles. The number of rotatable bonds is 15. The van der Waals surface area contributed by atoms with Gasteiger partial charge in [0.15, 0.2) is 0 Å². The second kappa shape index (κ2) is 14.7. The van der Waals surface area contributed by atoms with E-state index in [0.717, 1.165) is 6.42 Å². The van der Waals surface area contributed by atoms with Gasteiger partial charge in [-0.3, -0.25) is 19.2 Å². The highest BCUT2D eigenvalue weighted by Crippen LogP contribution is 2.03. The Labute approximate surface area is 171 Å². The maximum atomic E-state index is 12.4. The van der Waals surface area contributed by atoms with Gasteiger partial charge in [0.2, 0.25) is 17.7 Å². The molecular weight excluding hydrogens is 380 g/mol. The molecule has 0 radical (unpaired) electrons. The number of nitrogens with two attached hydrogens (primary N) is 3. The molecule has 0 aliphatic heterocycles. The third-order valence-corrected chi connectivity index (χ3v) is 4.37. The molecule has 0 heterocycles. The summed E-state index contributed by atoms with van der Waals surface area (Å²) in [6, 6.07) is -3.70. The van der Waals surface area contributed by atoms with Crippen LogP contribution in [0, 0.1) is 0 Å².